The Morgan fingerprint density at radius 2 is 2.09 bits per heavy atom. The molecule has 0 aliphatic carbocycles. The van der Waals surface area contributed by atoms with Crippen LogP contribution in [0.3, 0.4) is 0 Å². The highest BCUT2D eigenvalue weighted by atomic mass is 79.9. The summed E-state index contributed by atoms with van der Waals surface area (Å²) >= 11 is 3.54. The van der Waals surface area contributed by atoms with Gasteiger partial charge >= 0.3 is 0 Å². The molecular formula is C25H24BrN5O. The van der Waals surface area contributed by atoms with E-state index in [9.17, 15) is 0 Å². The van der Waals surface area contributed by atoms with Gasteiger partial charge in [0, 0.05) is 23.6 Å². The van der Waals surface area contributed by atoms with Gasteiger partial charge in [0.1, 0.15) is 5.75 Å². The number of rotatable bonds is 5. The number of aryl methyl sites for hydroxylation is 2. The molecule has 4 aromatic rings. The number of halogens is 1. The number of hydrogen-bond donors (Lipinski definition) is 0. The fourth-order valence-corrected chi connectivity index (χ4v) is 4.55. The second-order valence-electron chi connectivity index (χ2n) is 8.01. The largest absolute Gasteiger partial charge is 0.495 e. The molecule has 0 N–H and O–H groups in total. The molecule has 0 unspecified atom stereocenters. The molecule has 1 aliphatic heterocycles. The molecule has 0 atom stereocenters. The fourth-order valence-electron chi connectivity index (χ4n) is 4.11. The van der Waals surface area contributed by atoms with Crippen LogP contribution in [0.5, 0.6) is 5.75 Å². The molecule has 0 saturated heterocycles. The van der Waals surface area contributed by atoms with Gasteiger partial charge in [-0.2, -0.15) is 5.10 Å². The number of imidazole rings is 1. The summed E-state index contributed by atoms with van der Waals surface area (Å²) in [5, 5.41) is 4.77. The highest BCUT2D eigenvalue weighted by molar-refractivity contribution is 9.10. The summed E-state index contributed by atoms with van der Waals surface area (Å²) in [5.74, 6) is 2.63. The number of methoxy groups -OCH3 is 1. The Labute approximate surface area is 195 Å². The lowest BCUT2D eigenvalue weighted by atomic mass is 10.0. The van der Waals surface area contributed by atoms with Crippen molar-refractivity contribution >= 4 is 27.6 Å². The van der Waals surface area contributed by atoms with E-state index in [1.54, 1.807) is 7.11 Å². The maximum atomic E-state index is 5.67. The topological polar surface area (TPSA) is 57.8 Å². The first-order valence-corrected chi connectivity index (χ1v) is 11.5. The summed E-state index contributed by atoms with van der Waals surface area (Å²) in [6, 6.07) is 14.5. The first kappa shape index (κ1) is 20.7. The summed E-state index contributed by atoms with van der Waals surface area (Å²) < 4.78 is 10.8. The predicted octanol–water partition coefficient (Wildman–Crippen LogP) is 5.47. The van der Waals surface area contributed by atoms with Crippen LogP contribution in [0.2, 0.25) is 0 Å². The summed E-state index contributed by atoms with van der Waals surface area (Å²) in [4.78, 5) is 9.21. The molecule has 0 amide bonds. The molecule has 1 aliphatic rings. The lowest BCUT2D eigenvalue weighted by molar-refractivity contribution is 0.413. The second-order valence-corrected chi connectivity index (χ2v) is 8.92. The Hall–Kier alpha value is -3.19. The van der Waals surface area contributed by atoms with Crippen LogP contribution in [0.15, 0.2) is 59.5 Å². The van der Waals surface area contributed by atoms with Crippen molar-refractivity contribution in [3.8, 4) is 11.4 Å². The first-order chi connectivity index (χ1) is 15.6. The van der Waals surface area contributed by atoms with Crippen molar-refractivity contribution in [3.05, 3.63) is 87.9 Å². The van der Waals surface area contributed by atoms with Crippen molar-refractivity contribution in [2.45, 2.75) is 32.7 Å². The van der Waals surface area contributed by atoms with Gasteiger partial charge in [-0.3, -0.25) is 0 Å². The maximum Gasteiger partial charge on any atom is 0.155 e. The quantitative estimate of drug-likeness (QED) is 0.373. The molecular weight excluding hydrogens is 466 g/mol. The van der Waals surface area contributed by atoms with E-state index in [1.165, 1.54) is 11.1 Å². The molecule has 3 heterocycles. The third-order valence-electron chi connectivity index (χ3n) is 5.60. The van der Waals surface area contributed by atoms with E-state index in [-0.39, 0.29) is 0 Å². The minimum Gasteiger partial charge on any atom is -0.495 e. The third kappa shape index (κ3) is 4.25. The molecule has 6 nitrogen and oxygen atoms in total. The molecule has 0 bridgehead atoms. The molecule has 2 aromatic heterocycles. The number of ether oxygens (including phenoxy) is 1. The second kappa shape index (κ2) is 8.74. The maximum absolute atomic E-state index is 5.67. The van der Waals surface area contributed by atoms with Gasteiger partial charge in [0.25, 0.3) is 0 Å². The molecule has 0 fully saturated rings. The Morgan fingerprint density at radius 3 is 2.88 bits per heavy atom. The zero-order chi connectivity index (χ0) is 22.1. The average molecular weight is 490 g/mol. The van der Waals surface area contributed by atoms with Gasteiger partial charge in [-0.25, -0.2) is 14.6 Å². The first-order valence-electron chi connectivity index (χ1n) is 10.7. The van der Waals surface area contributed by atoms with Crippen LogP contribution in [-0.4, -0.2) is 31.4 Å². The van der Waals surface area contributed by atoms with Crippen molar-refractivity contribution in [1.29, 1.82) is 0 Å². The molecule has 7 heteroatoms. The van der Waals surface area contributed by atoms with Gasteiger partial charge in [0.15, 0.2) is 11.6 Å². The lowest BCUT2D eigenvalue weighted by Gasteiger charge is -2.16. The predicted molar refractivity (Wildman–Crippen MR) is 129 cm³/mol. The molecule has 5 rings (SSSR count). The molecule has 2 aromatic carbocycles. The average Bonchev–Trinajstić information content (AvgIpc) is 3.40. The standard InChI is InChI=1S/C25H24BrN5O/c1-17-15-30(16-27-17)22-9-8-19(13-23(22)32-2)11-20-6-4-10-31-25(20)28-24(29-31)14-18-5-3-7-21(26)12-18/h3,5,7-9,11-13,15-16H,4,6,10,14H2,1-2H3. The van der Waals surface area contributed by atoms with Crippen LogP contribution in [0.1, 0.15) is 41.3 Å². The SMILES string of the molecule is COc1cc(C=C2CCCn3nc(Cc4cccc(Br)c4)nc32)ccc1-n1cnc(C)c1. The Morgan fingerprint density at radius 1 is 1.19 bits per heavy atom. The number of aromatic nitrogens is 5. The van der Waals surface area contributed by atoms with Crippen LogP contribution in [0.25, 0.3) is 17.3 Å². The smallest absolute Gasteiger partial charge is 0.155 e. The summed E-state index contributed by atoms with van der Waals surface area (Å²) in [6.07, 6.45) is 8.77. The summed E-state index contributed by atoms with van der Waals surface area (Å²) in [7, 11) is 1.70. The van der Waals surface area contributed by atoms with E-state index < -0.39 is 0 Å². The van der Waals surface area contributed by atoms with E-state index in [4.69, 9.17) is 14.8 Å². The molecule has 32 heavy (non-hydrogen) atoms. The van der Waals surface area contributed by atoms with Crippen LogP contribution < -0.4 is 4.74 Å². The number of benzene rings is 2. The van der Waals surface area contributed by atoms with Gasteiger partial charge in [-0.1, -0.05) is 34.1 Å². The van der Waals surface area contributed by atoms with Gasteiger partial charge < -0.3 is 9.30 Å². The highest BCUT2D eigenvalue weighted by Gasteiger charge is 2.19. The normalized spacial score (nSPS) is 14.5. The minimum atomic E-state index is 0.722. The fraction of sp³-hybridized carbons (Fsp3) is 0.240. The summed E-state index contributed by atoms with van der Waals surface area (Å²) in [6.45, 7) is 2.88. The molecule has 162 valence electrons. The Bertz CT molecular complexity index is 1300. The van der Waals surface area contributed by atoms with Gasteiger partial charge in [-0.05, 0) is 66.8 Å². The number of allylic oxidation sites excluding steroid dienone is 1. The number of fused-ring (bicyclic) bond motifs is 1. The van der Waals surface area contributed by atoms with Crippen LogP contribution in [0.4, 0.5) is 0 Å². The highest BCUT2D eigenvalue weighted by Crippen LogP contribution is 2.30. The van der Waals surface area contributed by atoms with E-state index in [0.717, 1.165) is 64.6 Å². The number of nitrogens with zero attached hydrogens (tertiary/aromatic N) is 5. The van der Waals surface area contributed by atoms with Crippen molar-refractivity contribution in [1.82, 2.24) is 24.3 Å². The molecule has 0 saturated carbocycles. The Kier molecular flexibility index (Phi) is 5.66. The van der Waals surface area contributed by atoms with Crippen molar-refractivity contribution in [2.75, 3.05) is 7.11 Å². The van der Waals surface area contributed by atoms with Gasteiger partial charge in [0.2, 0.25) is 0 Å². The van der Waals surface area contributed by atoms with Crippen LogP contribution in [0, 0.1) is 6.92 Å². The van der Waals surface area contributed by atoms with Crippen molar-refractivity contribution in [3.63, 3.8) is 0 Å². The third-order valence-corrected chi connectivity index (χ3v) is 6.10. The van der Waals surface area contributed by atoms with Crippen LogP contribution >= 0.6 is 15.9 Å². The van der Waals surface area contributed by atoms with Gasteiger partial charge in [-0.15, -0.1) is 0 Å². The van der Waals surface area contributed by atoms with E-state index >= 15 is 0 Å². The molecule has 0 radical (unpaired) electrons. The molecule has 0 spiro atoms. The zero-order valence-electron chi connectivity index (χ0n) is 18.1. The van der Waals surface area contributed by atoms with Crippen molar-refractivity contribution in [2.24, 2.45) is 0 Å². The zero-order valence-corrected chi connectivity index (χ0v) is 19.7. The van der Waals surface area contributed by atoms with Crippen LogP contribution in [-0.2, 0) is 13.0 Å². The Balaban J connectivity index is 1.45. The number of hydrogen-bond acceptors (Lipinski definition) is 4. The monoisotopic (exact) mass is 489 g/mol. The van der Waals surface area contributed by atoms with E-state index in [2.05, 4.69) is 57.3 Å². The van der Waals surface area contributed by atoms with E-state index in [1.807, 2.05) is 40.8 Å². The van der Waals surface area contributed by atoms with E-state index in [0.29, 0.717) is 0 Å². The summed E-state index contributed by atoms with van der Waals surface area (Å²) in [5.41, 5.74) is 5.43. The lowest BCUT2D eigenvalue weighted by Crippen LogP contribution is -2.11. The van der Waals surface area contributed by atoms with Gasteiger partial charge in [0.05, 0.1) is 24.8 Å². The van der Waals surface area contributed by atoms with Crippen molar-refractivity contribution < 1.29 is 4.74 Å². The minimum absolute atomic E-state index is 0.722.